The Bertz CT molecular complexity index is 282. The Morgan fingerprint density at radius 2 is 1.83 bits per heavy atom. The first-order valence-electron chi connectivity index (χ1n) is 6.17. The summed E-state index contributed by atoms with van der Waals surface area (Å²) in [4.78, 5) is 0. The summed E-state index contributed by atoms with van der Waals surface area (Å²) >= 11 is 0. The summed E-state index contributed by atoms with van der Waals surface area (Å²) in [5.74, 6) is 0. The Morgan fingerprint density at radius 3 is 2.39 bits per heavy atom. The van der Waals surface area contributed by atoms with Crippen molar-refractivity contribution < 1.29 is 30.3 Å². The number of hydrogen-bond acceptors (Lipinski definition) is 6. The first kappa shape index (κ1) is 15.6. The fraction of sp³-hybridized carbons (Fsp3) is 0.833. The maximum Gasteiger partial charge on any atom is 0.184 e. The van der Waals surface area contributed by atoms with Crippen molar-refractivity contribution in [2.75, 3.05) is 6.61 Å². The molecule has 0 aromatic heterocycles. The molecule has 0 aromatic rings. The number of allylic oxidation sites excluding steroid dienone is 1. The van der Waals surface area contributed by atoms with Crippen LogP contribution in [0.1, 0.15) is 26.2 Å². The van der Waals surface area contributed by atoms with E-state index in [9.17, 15) is 25.5 Å². The van der Waals surface area contributed by atoms with Crippen molar-refractivity contribution in [1.82, 2.24) is 0 Å². The van der Waals surface area contributed by atoms with Gasteiger partial charge >= 0.3 is 0 Å². The molecule has 1 aliphatic heterocycles. The summed E-state index contributed by atoms with van der Waals surface area (Å²) in [5.41, 5.74) is -1.58. The molecule has 0 unspecified atom stereocenters. The number of ether oxygens (including phenoxy) is 1. The molecule has 106 valence electrons. The van der Waals surface area contributed by atoms with Crippen LogP contribution < -0.4 is 0 Å². The molecule has 1 saturated heterocycles. The summed E-state index contributed by atoms with van der Waals surface area (Å²) in [6, 6.07) is 0. The van der Waals surface area contributed by atoms with Crippen LogP contribution in [0.15, 0.2) is 12.2 Å². The quantitative estimate of drug-likeness (QED) is 0.317. The van der Waals surface area contributed by atoms with Crippen LogP contribution in [0.2, 0.25) is 0 Å². The fourth-order valence-electron chi connectivity index (χ4n) is 1.93. The minimum atomic E-state index is -1.65. The van der Waals surface area contributed by atoms with Crippen LogP contribution >= 0.6 is 0 Å². The third-order valence-corrected chi connectivity index (χ3v) is 3.18. The lowest BCUT2D eigenvalue weighted by molar-refractivity contribution is -0.312. The Labute approximate surface area is 106 Å². The Balaban J connectivity index is 2.81. The van der Waals surface area contributed by atoms with Gasteiger partial charge in [-0.1, -0.05) is 31.9 Å². The van der Waals surface area contributed by atoms with E-state index in [0.717, 1.165) is 19.3 Å². The Morgan fingerprint density at radius 1 is 1.17 bits per heavy atom. The van der Waals surface area contributed by atoms with E-state index in [2.05, 4.69) is 0 Å². The minimum absolute atomic E-state index is 0.600. The second-order valence-electron chi connectivity index (χ2n) is 4.59. The number of aliphatic hydroxyl groups excluding tert-OH is 5. The van der Waals surface area contributed by atoms with Crippen molar-refractivity contribution in [1.29, 1.82) is 0 Å². The zero-order chi connectivity index (χ0) is 13.8. The molecule has 1 rings (SSSR count). The highest BCUT2D eigenvalue weighted by Crippen LogP contribution is 2.30. The van der Waals surface area contributed by atoms with Crippen LogP contribution in [0, 0.1) is 0 Å². The number of aliphatic hydroxyl groups is 5. The third-order valence-electron chi connectivity index (χ3n) is 3.18. The van der Waals surface area contributed by atoms with Gasteiger partial charge in [-0.2, -0.15) is 0 Å². The topological polar surface area (TPSA) is 110 Å². The normalized spacial score (nSPS) is 41.4. The Hall–Kier alpha value is -0.500. The van der Waals surface area contributed by atoms with Crippen molar-refractivity contribution in [3.8, 4) is 0 Å². The van der Waals surface area contributed by atoms with Gasteiger partial charge in [0.2, 0.25) is 0 Å². The van der Waals surface area contributed by atoms with Gasteiger partial charge in [0.05, 0.1) is 6.61 Å². The number of rotatable bonds is 5. The average Bonchev–Trinajstić information content (AvgIpc) is 2.38. The largest absolute Gasteiger partial charge is 0.393 e. The van der Waals surface area contributed by atoms with E-state index < -0.39 is 36.8 Å². The minimum Gasteiger partial charge on any atom is -0.393 e. The van der Waals surface area contributed by atoms with Crippen LogP contribution in [0.5, 0.6) is 0 Å². The summed E-state index contributed by atoms with van der Waals surface area (Å²) in [7, 11) is 0. The van der Waals surface area contributed by atoms with Crippen molar-refractivity contribution in [2.45, 2.75) is 56.4 Å². The molecule has 1 fully saturated rings. The molecule has 0 spiro atoms. The van der Waals surface area contributed by atoms with Gasteiger partial charge < -0.3 is 30.3 Å². The van der Waals surface area contributed by atoms with E-state index in [1.54, 1.807) is 6.08 Å². The molecule has 0 aromatic carbocycles. The lowest BCUT2D eigenvalue weighted by Gasteiger charge is -2.45. The van der Waals surface area contributed by atoms with E-state index in [-0.39, 0.29) is 0 Å². The summed E-state index contributed by atoms with van der Waals surface area (Å²) in [5, 5.41) is 47.6. The van der Waals surface area contributed by atoms with Crippen LogP contribution in [0.3, 0.4) is 0 Å². The van der Waals surface area contributed by atoms with E-state index >= 15 is 0 Å². The Kier molecular flexibility index (Phi) is 5.71. The van der Waals surface area contributed by atoms with Gasteiger partial charge in [-0.3, -0.25) is 0 Å². The van der Waals surface area contributed by atoms with Crippen LogP contribution in [-0.2, 0) is 4.74 Å². The third kappa shape index (κ3) is 3.09. The van der Waals surface area contributed by atoms with Gasteiger partial charge in [-0.05, 0) is 6.42 Å². The van der Waals surface area contributed by atoms with E-state index in [4.69, 9.17) is 4.74 Å². The molecule has 0 amide bonds. The van der Waals surface area contributed by atoms with Crippen molar-refractivity contribution in [3.63, 3.8) is 0 Å². The molecule has 0 bridgehead atoms. The second kappa shape index (κ2) is 6.60. The SMILES string of the molecule is CCCCC=C[C@]1(CO)O[C@@H](O)[C@H](O)[C@@H](O)[C@@H]1O. The molecular weight excluding hydrogens is 240 g/mol. The molecule has 6 nitrogen and oxygen atoms in total. The van der Waals surface area contributed by atoms with Crippen molar-refractivity contribution >= 4 is 0 Å². The maximum absolute atomic E-state index is 9.88. The van der Waals surface area contributed by atoms with Gasteiger partial charge in [0.25, 0.3) is 0 Å². The summed E-state index contributed by atoms with van der Waals surface area (Å²) in [6.07, 6.45) is -0.467. The lowest BCUT2D eigenvalue weighted by Crippen LogP contribution is -2.65. The molecule has 6 heteroatoms. The van der Waals surface area contributed by atoms with Gasteiger partial charge in [-0.25, -0.2) is 0 Å². The van der Waals surface area contributed by atoms with E-state index in [1.165, 1.54) is 6.08 Å². The fourth-order valence-corrected chi connectivity index (χ4v) is 1.93. The molecule has 1 heterocycles. The summed E-state index contributed by atoms with van der Waals surface area (Å²) < 4.78 is 5.06. The number of unbranched alkanes of at least 4 members (excludes halogenated alkanes) is 2. The number of hydrogen-bond donors (Lipinski definition) is 5. The zero-order valence-electron chi connectivity index (χ0n) is 10.4. The van der Waals surface area contributed by atoms with Crippen LogP contribution in [0.4, 0.5) is 0 Å². The average molecular weight is 262 g/mol. The zero-order valence-corrected chi connectivity index (χ0v) is 10.4. The monoisotopic (exact) mass is 262 g/mol. The van der Waals surface area contributed by atoms with Crippen molar-refractivity contribution in [3.05, 3.63) is 12.2 Å². The molecular formula is C12H22O6. The highest BCUT2D eigenvalue weighted by atomic mass is 16.6. The summed E-state index contributed by atoms with van der Waals surface area (Å²) in [6.45, 7) is 1.43. The predicted octanol–water partition coefficient (Wildman–Crippen LogP) is -1.10. The molecule has 1 aliphatic rings. The molecule has 0 radical (unpaired) electrons. The molecule has 5 N–H and O–H groups in total. The van der Waals surface area contributed by atoms with E-state index in [0.29, 0.717) is 0 Å². The van der Waals surface area contributed by atoms with Crippen LogP contribution in [0.25, 0.3) is 0 Å². The molecule has 18 heavy (non-hydrogen) atoms. The van der Waals surface area contributed by atoms with Gasteiger partial charge in [0.1, 0.15) is 23.9 Å². The van der Waals surface area contributed by atoms with Crippen LogP contribution in [-0.4, -0.2) is 62.3 Å². The van der Waals surface area contributed by atoms with Gasteiger partial charge in [-0.15, -0.1) is 0 Å². The molecule has 5 atom stereocenters. The lowest BCUT2D eigenvalue weighted by atomic mass is 9.86. The van der Waals surface area contributed by atoms with Gasteiger partial charge in [0, 0.05) is 0 Å². The molecule has 0 aliphatic carbocycles. The highest BCUT2D eigenvalue weighted by Gasteiger charge is 2.51. The van der Waals surface area contributed by atoms with E-state index in [1.807, 2.05) is 6.92 Å². The maximum atomic E-state index is 9.88. The van der Waals surface area contributed by atoms with Crippen molar-refractivity contribution in [2.24, 2.45) is 0 Å². The highest BCUT2D eigenvalue weighted by molar-refractivity contribution is 5.12. The standard InChI is InChI=1S/C12H22O6/c1-2-3-4-5-6-12(7-13)10(16)8(14)9(15)11(17)18-12/h5-6,8-11,13-17H,2-4,7H2,1H3/t8-,9-,10+,11-,12-/m1/s1. The molecule has 0 saturated carbocycles. The predicted molar refractivity (Wildman–Crippen MR) is 63.6 cm³/mol. The second-order valence-corrected chi connectivity index (χ2v) is 4.59. The smallest absolute Gasteiger partial charge is 0.184 e. The first-order valence-corrected chi connectivity index (χ1v) is 6.17. The first-order chi connectivity index (χ1) is 8.48. The van der Waals surface area contributed by atoms with Gasteiger partial charge in [0.15, 0.2) is 6.29 Å².